The second-order valence-corrected chi connectivity index (χ2v) is 7.40. The molecule has 174 valence electrons. The molecule has 0 fully saturated rings. The molecular weight excluding hydrogens is 422 g/mol. The highest BCUT2D eigenvalue weighted by atomic mass is 16.5. The van der Waals surface area contributed by atoms with Crippen LogP contribution >= 0.6 is 0 Å². The maximum Gasteiger partial charge on any atom is 0.272 e. The second kappa shape index (κ2) is 11.7. The topological polar surface area (TPSA) is 91.7 Å². The molecule has 0 saturated heterocycles. The minimum absolute atomic E-state index is 0.149. The Morgan fingerprint density at radius 1 is 1.03 bits per heavy atom. The van der Waals surface area contributed by atoms with Gasteiger partial charge < -0.3 is 19.5 Å². The number of carbonyl (C=O) groups is 1. The number of hydrogen-bond donors (Lipinski definition) is 1. The molecule has 3 aromatic rings. The van der Waals surface area contributed by atoms with Gasteiger partial charge in [0, 0.05) is 6.07 Å². The Hall–Kier alpha value is -3.81. The average Bonchev–Trinajstić information content (AvgIpc) is 2.84. The number of ether oxygens (including phenoxy) is 3. The van der Waals surface area contributed by atoms with Crippen molar-refractivity contribution in [3.05, 3.63) is 82.3 Å². The first-order valence-corrected chi connectivity index (χ1v) is 10.9. The maximum absolute atomic E-state index is 12.8. The zero-order chi connectivity index (χ0) is 23.6. The molecule has 8 heteroatoms. The Morgan fingerprint density at radius 3 is 2.55 bits per heavy atom. The highest BCUT2D eigenvalue weighted by Gasteiger charge is 2.16. The number of hydrogen-bond acceptors (Lipinski definition) is 6. The fourth-order valence-corrected chi connectivity index (χ4v) is 3.14. The van der Waals surface area contributed by atoms with Crippen molar-refractivity contribution < 1.29 is 19.0 Å². The van der Waals surface area contributed by atoms with Crippen molar-refractivity contribution in [3.8, 4) is 17.2 Å². The first kappa shape index (κ1) is 23.8. The highest BCUT2D eigenvalue weighted by Crippen LogP contribution is 2.30. The lowest BCUT2D eigenvalue weighted by Gasteiger charge is -2.17. The van der Waals surface area contributed by atoms with Gasteiger partial charge in [-0.3, -0.25) is 9.59 Å². The number of methoxy groups -OCH3 is 1. The van der Waals surface area contributed by atoms with Crippen molar-refractivity contribution in [2.45, 2.75) is 32.9 Å². The van der Waals surface area contributed by atoms with Gasteiger partial charge in [-0.2, -0.15) is 5.10 Å². The summed E-state index contributed by atoms with van der Waals surface area (Å²) in [6.45, 7) is 4.97. The summed E-state index contributed by atoms with van der Waals surface area (Å²) in [5.41, 5.74) is 0.702. The molecule has 0 spiro atoms. The number of nitrogens with zero attached hydrogens (tertiary/aromatic N) is 2. The van der Waals surface area contributed by atoms with Gasteiger partial charge in [-0.1, -0.05) is 31.2 Å². The van der Waals surface area contributed by atoms with Crippen molar-refractivity contribution in [1.29, 1.82) is 0 Å². The highest BCUT2D eigenvalue weighted by molar-refractivity contribution is 5.92. The lowest BCUT2D eigenvalue weighted by atomic mass is 10.1. The molecular formula is C25H29N3O5. The van der Waals surface area contributed by atoms with E-state index >= 15 is 0 Å². The standard InChI is InChI=1S/C25H29N3O5/c1-4-15-33-22-12-10-19(17-23(22)31-3)18(2)26-25(30)21-11-13-24(29)28(27-21)14-16-32-20-8-6-5-7-9-20/h5-13,17-18H,4,14-16H2,1-3H3,(H,26,30). The fraction of sp³-hybridized carbons (Fsp3) is 0.320. The molecule has 0 aliphatic heterocycles. The van der Waals surface area contributed by atoms with Gasteiger partial charge in [0.2, 0.25) is 0 Å². The lowest BCUT2D eigenvalue weighted by Crippen LogP contribution is -2.32. The van der Waals surface area contributed by atoms with E-state index in [0.29, 0.717) is 23.9 Å². The van der Waals surface area contributed by atoms with E-state index in [1.54, 1.807) is 7.11 Å². The van der Waals surface area contributed by atoms with Crippen LogP contribution in [-0.2, 0) is 6.54 Å². The van der Waals surface area contributed by atoms with E-state index in [9.17, 15) is 9.59 Å². The van der Waals surface area contributed by atoms with Crippen LogP contribution in [0.4, 0.5) is 0 Å². The van der Waals surface area contributed by atoms with Gasteiger partial charge in [0.25, 0.3) is 11.5 Å². The Kier molecular flexibility index (Phi) is 8.46. The molecule has 1 heterocycles. The molecule has 1 atom stereocenters. The Bertz CT molecular complexity index is 1110. The van der Waals surface area contributed by atoms with E-state index in [-0.39, 0.29) is 36.4 Å². The van der Waals surface area contributed by atoms with Gasteiger partial charge in [0.1, 0.15) is 18.1 Å². The molecule has 0 saturated carbocycles. The summed E-state index contributed by atoms with van der Waals surface area (Å²) in [6.07, 6.45) is 0.894. The zero-order valence-corrected chi connectivity index (χ0v) is 19.1. The van der Waals surface area contributed by atoms with Gasteiger partial charge >= 0.3 is 0 Å². The van der Waals surface area contributed by atoms with E-state index in [2.05, 4.69) is 10.4 Å². The van der Waals surface area contributed by atoms with E-state index < -0.39 is 0 Å². The molecule has 0 aliphatic rings. The number of aromatic nitrogens is 2. The number of carbonyl (C=O) groups excluding carboxylic acids is 1. The Labute approximate surface area is 193 Å². The molecule has 1 amide bonds. The van der Waals surface area contributed by atoms with E-state index in [1.807, 2.05) is 62.4 Å². The second-order valence-electron chi connectivity index (χ2n) is 7.40. The van der Waals surface area contributed by atoms with Crippen LogP contribution < -0.4 is 25.1 Å². The van der Waals surface area contributed by atoms with Crippen LogP contribution in [0, 0.1) is 0 Å². The molecule has 0 bridgehead atoms. The number of nitrogens with one attached hydrogen (secondary N) is 1. The lowest BCUT2D eigenvalue weighted by molar-refractivity contribution is 0.0931. The summed E-state index contributed by atoms with van der Waals surface area (Å²) in [4.78, 5) is 24.9. The molecule has 33 heavy (non-hydrogen) atoms. The van der Waals surface area contributed by atoms with Crippen molar-refractivity contribution >= 4 is 5.91 Å². The third kappa shape index (κ3) is 6.58. The Balaban J connectivity index is 1.64. The summed E-state index contributed by atoms with van der Waals surface area (Å²) >= 11 is 0. The predicted octanol–water partition coefficient (Wildman–Crippen LogP) is 3.61. The largest absolute Gasteiger partial charge is 0.493 e. The van der Waals surface area contributed by atoms with Gasteiger partial charge in [-0.15, -0.1) is 0 Å². The van der Waals surface area contributed by atoms with E-state index in [4.69, 9.17) is 14.2 Å². The normalized spacial score (nSPS) is 11.5. The number of benzene rings is 2. The molecule has 0 radical (unpaired) electrons. The number of amides is 1. The average molecular weight is 452 g/mol. The fourth-order valence-electron chi connectivity index (χ4n) is 3.14. The van der Waals surface area contributed by atoms with E-state index in [0.717, 1.165) is 12.0 Å². The van der Waals surface area contributed by atoms with Gasteiger partial charge in [-0.25, -0.2) is 4.68 Å². The van der Waals surface area contributed by atoms with Crippen molar-refractivity contribution in [2.24, 2.45) is 0 Å². The van der Waals surface area contributed by atoms with Gasteiger partial charge in [0.15, 0.2) is 11.5 Å². The predicted molar refractivity (Wildman–Crippen MR) is 125 cm³/mol. The molecule has 3 rings (SSSR count). The van der Waals surface area contributed by atoms with Crippen LogP contribution in [-0.4, -0.2) is 36.0 Å². The summed E-state index contributed by atoms with van der Waals surface area (Å²) in [5.74, 6) is 1.58. The summed E-state index contributed by atoms with van der Waals surface area (Å²) < 4.78 is 18.0. The smallest absolute Gasteiger partial charge is 0.272 e. The Morgan fingerprint density at radius 2 is 1.82 bits per heavy atom. The SMILES string of the molecule is CCCOc1ccc(C(C)NC(=O)c2ccc(=O)n(CCOc3ccccc3)n2)cc1OC. The van der Waals surface area contributed by atoms with Crippen molar-refractivity contribution in [2.75, 3.05) is 20.3 Å². The number of para-hydroxylation sites is 1. The first-order chi connectivity index (χ1) is 16.0. The minimum atomic E-state index is -0.384. The summed E-state index contributed by atoms with van der Waals surface area (Å²) in [6, 6.07) is 17.3. The molecule has 1 unspecified atom stereocenters. The van der Waals surface area contributed by atoms with Crippen LogP contribution in [0.25, 0.3) is 0 Å². The molecule has 0 aliphatic carbocycles. The molecule has 8 nitrogen and oxygen atoms in total. The van der Waals surface area contributed by atoms with Crippen LogP contribution in [0.5, 0.6) is 17.2 Å². The van der Waals surface area contributed by atoms with Crippen LogP contribution in [0.15, 0.2) is 65.5 Å². The minimum Gasteiger partial charge on any atom is -0.493 e. The van der Waals surface area contributed by atoms with Gasteiger partial charge in [-0.05, 0) is 49.2 Å². The van der Waals surface area contributed by atoms with Crippen molar-refractivity contribution in [1.82, 2.24) is 15.1 Å². The van der Waals surface area contributed by atoms with Crippen molar-refractivity contribution in [3.63, 3.8) is 0 Å². The van der Waals surface area contributed by atoms with E-state index in [1.165, 1.54) is 16.8 Å². The third-order valence-corrected chi connectivity index (χ3v) is 4.91. The summed E-state index contributed by atoms with van der Waals surface area (Å²) in [7, 11) is 1.58. The molecule has 1 aromatic heterocycles. The van der Waals surface area contributed by atoms with Crippen LogP contribution in [0.1, 0.15) is 42.4 Å². The number of rotatable bonds is 11. The zero-order valence-electron chi connectivity index (χ0n) is 19.1. The van der Waals surface area contributed by atoms with Gasteiger partial charge in [0.05, 0.1) is 26.3 Å². The van der Waals surface area contributed by atoms with Crippen LogP contribution in [0.3, 0.4) is 0 Å². The summed E-state index contributed by atoms with van der Waals surface area (Å²) in [5, 5.41) is 7.11. The quantitative estimate of drug-likeness (QED) is 0.479. The molecule has 2 aromatic carbocycles. The van der Waals surface area contributed by atoms with Crippen LogP contribution in [0.2, 0.25) is 0 Å². The first-order valence-electron chi connectivity index (χ1n) is 10.9. The molecule has 1 N–H and O–H groups in total. The third-order valence-electron chi connectivity index (χ3n) is 4.91. The monoisotopic (exact) mass is 451 g/mol. The maximum atomic E-state index is 12.8.